The van der Waals surface area contributed by atoms with E-state index in [-0.39, 0.29) is 6.61 Å². The van der Waals surface area contributed by atoms with Crippen LogP contribution in [0.4, 0.5) is 0 Å². The van der Waals surface area contributed by atoms with Gasteiger partial charge in [0.1, 0.15) is 23.5 Å². The Morgan fingerprint density at radius 3 is 2.64 bits per heavy atom. The van der Waals surface area contributed by atoms with Gasteiger partial charge in [-0.3, -0.25) is 9.80 Å². The van der Waals surface area contributed by atoms with Crippen LogP contribution < -0.4 is 4.74 Å². The summed E-state index contributed by atoms with van der Waals surface area (Å²) in [6.45, 7) is 7.64. The van der Waals surface area contributed by atoms with E-state index in [0.29, 0.717) is 6.54 Å². The number of rotatable bonds is 8. The molecule has 1 aliphatic heterocycles. The van der Waals surface area contributed by atoms with Gasteiger partial charge in [0, 0.05) is 56.3 Å². The minimum Gasteiger partial charge on any atom is -0.491 e. The fourth-order valence-electron chi connectivity index (χ4n) is 4.11. The molecule has 2 aromatic heterocycles. The third-order valence-electron chi connectivity index (χ3n) is 5.80. The molecule has 0 saturated carbocycles. The van der Waals surface area contributed by atoms with E-state index in [9.17, 15) is 5.11 Å². The van der Waals surface area contributed by atoms with E-state index >= 15 is 0 Å². The summed E-state index contributed by atoms with van der Waals surface area (Å²) in [5, 5.41) is 14.8. The van der Waals surface area contributed by atoms with Crippen LogP contribution in [-0.2, 0) is 6.54 Å². The van der Waals surface area contributed by atoms with Crippen molar-refractivity contribution in [1.29, 1.82) is 0 Å². The molecule has 3 heterocycles. The van der Waals surface area contributed by atoms with E-state index in [1.165, 1.54) is 5.56 Å². The highest BCUT2D eigenvalue weighted by molar-refractivity contribution is 7.18. The first-order chi connectivity index (χ1) is 16.1. The molecule has 0 spiro atoms. The fraction of sp³-hybridized carbons (Fsp3) is 0.360. The van der Waals surface area contributed by atoms with Crippen molar-refractivity contribution in [2.75, 3.05) is 39.3 Å². The molecule has 172 valence electrons. The highest BCUT2D eigenvalue weighted by Crippen LogP contribution is 2.26. The van der Waals surface area contributed by atoms with Crippen molar-refractivity contribution >= 4 is 32.9 Å². The number of nitrogens with zero attached hydrogens (tertiary/aromatic N) is 4. The predicted molar refractivity (Wildman–Crippen MR) is 135 cm³/mol. The summed E-state index contributed by atoms with van der Waals surface area (Å²) in [6, 6.07) is 16.3. The summed E-state index contributed by atoms with van der Waals surface area (Å²) >= 11 is 3.39. The Hall–Kier alpha value is -2.36. The van der Waals surface area contributed by atoms with Crippen molar-refractivity contribution in [2.24, 2.45) is 0 Å². The number of fused-ring (bicyclic) bond motifs is 1. The average molecular weight is 481 g/mol. The van der Waals surface area contributed by atoms with Gasteiger partial charge >= 0.3 is 0 Å². The van der Waals surface area contributed by atoms with Gasteiger partial charge in [0.15, 0.2) is 0 Å². The molecule has 6 nitrogen and oxygen atoms in total. The zero-order valence-corrected chi connectivity index (χ0v) is 20.3. The van der Waals surface area contributed by atoms with Crippen molar-refractivity contribution in [3.05, 3.63) is 64.6 Å². The van der Waals surface area contributed by atoms with Crippen LogP contribution in [0, 0.1) is 6.92 Å². The number of benzene rings is 2. The lowest BCUT2D eigenvalue weighted by Gasteiger charge is -2.35. The molecule has 1 aliphatic rings. The standard InChI is InChI=1S/C25H28N4O2S2/c1-18-26-23-13-22(7-8-24(23)33-18)31-16-21(30)15-29-11-9-28(10-12-29)14-20-17-32-25(27-20)19-5-3-2-4-6-19/h2-8,13,17,21,30H,9-12,14-16H2,1H3/t21-/m1/s1. The molecule has 0 bridgehead atoms. The number of ether oxygens (including phenoxy) is 1. The van der Waals surface area contributed by atoms with Gasteiger partial charge in [0.25, 0.3) is 0 Å². The van der Waals surface area contributed by atoms with Crippen LogP contribution in [0.3, 0.4) is 0 Å². The number of piperazine rings is 1. The van der Waals surface area contributed by atoms with E-state index in [1.54, 1.807) is 22.7 Å². The molecule has 0 radical (unpaired) electrons. The minimum atomic E-state index is -0.517. The van der Waals surface area contributed by atoms with Crippen molar-refractivity contribution in [3.63, 3.8) is 0 Å². The Morgan fingerprint density at radius 1 is 1.03 bits per heavy atom. The summed E-state index contributed by atoms with van der Waals surface area (Å²) in [7, 11) is 0. The monoisotopic (exact) mass is 480 g/mol. The lowest BCUT2D eigenvalue weighted by atomic mass is 10.2. The molecule has 5 rings (SSSR count). The second-order valence-corrected chi connectivity index (χ2v) is 10.5. The molecule has 0 amide bonds. The molecule has 1 fully saturated rings. The Kier molecular flexibility index (Phi) is 6.99. The Balaban J connectivity index is 1.05. The number of thiazole rings is 2. The van der Waals surface area contributed by atoms with Crippen molar-refractivity contribution in [2.45, 2.75) is 19.6 Å². The number of hydrogen-bond acceptors (Lipinski definition) is 8. The topological polar surface area (TPSA) is 61.7 Å². The van der Waals surface area contributed by atoms with Gasteiger partial charge in [-0.1, -0.05) is 30.3 Å². The number of aliphatic hydroxyl groups excluding tert-OH is 1. The van der Waals surface area contributed by atoms with E-state index in [4.69, 9.17) is 9.72 Å². The zero-order valence-electron chi connectivity index (χ0n) is 18.7. The normalized spacial score (nSPS) is 16.3. The number of aliphatic hydroxyl groups is 1. The van der Waals surface area contributed by atoms with Crippen LogP contribution in [0.15, 0.2) is 53.9 Å². The predicted octanol–water partition coefficient (Wildman–Crippen LogP) is 4.29. The van der Waals surface area contributed by atoms with Gasteiger partial charge in [-0.2, -0.15) is 0 Å². The molecule has 1 N–H and O–H groups in total. The maximum Gasteiger partial charge on any atom is 0.123 e. The summed E-state index contributed by atoms with van der Waals surface area (Å²) in [4.78, 5) is 14.1. The van der Waals surface area contributed by atoms with Gasteiger partial charge in [-0.15, -0.1) is 22.7 Å². The largest absolute Gasteiger partial charge is 0.491 e. The van der Waals surface area contributed by atoms with Gasteiger partial charge in [-0.05, 0) is 19.1 Å². The third-order valence-corrected chi connectivity index (χ3v) is 7.69. The molecular weight excluding hydrogens is 452 g/mol. The smallest absolute Gasteiger partial charge is 0.123 e. The maximum atomic E-state index is 10.5. The van der Waals surface area contributed by atoms with E-state index in [0.717, 1.165) is 64.4 Å². The van der Waals surface area contributed by atoms with Gasteiger partial charge in [0.05, 0.1) is 20.9 Å². The molecule has 8 heteroatoms. The van der Waals surface area contributed by atoms with E-state index < -0.39 is 6.10 Å². The first-order valence-corrected chi connectivity index (χ1v) is 12.9. The van der Waals surface area contributed by atoms with Crippen LogP contribution in [0.25, 0.3) is 20.8 Å². The molecule has 33 heavy (non-hydrogen) atoms. The Morgan fingerprint density at radius 2 is 1.82 bits per heavy atom. The Labute approximate surface area is 202 Å². The molecule has 1 saturated heterocycles. The summed E-state index contributed by atoms with van der Waals surface area (Å²) in [6.07, 6.45) is -0.517. The lowest BCUT2D eigenvalue weighted by Crippen LogP contribution is -2.48. The van der Waals surface area contributed by atoms with Gasteiger partial charge in [0.2, 0.25) is 0 Å². The molecule has 2 aromatic carbocycles. The highest BCUT2D eigenvalue weighted by atomic mass is 32.1. The number of β-amino-alcohol motifs (C(OH)–C–C–N with tert-alkyl or cyclic N) is 1. The van der Waals surface area contributed by atoms with Crippen molar-refractivity contribution in [3.8, 4) is 16.3 Å². The SMILES string of the molecule is Cc1nc2cc(OC[C@H](O)CN3CCN(Cc4csc(-c5ccccc5)n4)CC3)ccc2s1. The maximum absolute atomic E-state index is 10.5. The second kappa shape index (κ2) is 10.3. The van der Waals surface area contributed by atoms with Crippen molar-refractivity contribution in [1.82, 2.24) is 19.8 Å². The van der Waals surface area contributed by atoms with Crippen LogP contribution in [-0.4, -0.2) is 70.3 Å². The molecule has 4 aromatic rings. The summed E-state index contributed by atoms with van der Waals surface area (Å²) in [5.74, 6) is 0.759. The van der Waals surface area contributed by atoms with E-state index in [2.05, 4.69) is 44.4 Å². The van der Waals surface area contributed by atoms with Crippen LogP contribution in [0.2, 0.25) is 0 Å². The van der Waals surface area contributed by atoms with Crippen LogP contribution in [0.1, 0.15) is 10.7 Å². The zero-order chi connectivity index (χ0) is 22.6. The summed E-state index contributed by atoms with van der Waals surface area (Å²) < 4.78 is 7.00. The minimum absolute atomic E-state index is 0.288. The van der Waals surface area contributed by atoms with Crippen molar-refractivity contribution < 1.29 is 9.84 Å². The average Bonchev–Trinajstić information content (AvgIpc) is 3.45. The second-order valence-electron chi connectivity index (χ2n) is 8.41. The van der Waals surface area contributed by atoms with Crippen LogP contribution in [0.5, 0.6) is 5.75 Å². The molecule has 0 aliphatic carbocycles. The molecule has 0 unspecified atom stereocenters. The third kappa shape index (κ3) is 5.77. The van der Waals surface area contributed by atoms with Gasteiger partial charge < -0.3 is 9.84 Å². The highest BCUT2D eigenvalue weighted by Gasteiger charge is 2.20. The number of aryl methyl sites for hydroxylation is 1. The number of hydrogen-bond donors (Lipinski definition) is 1. The quantitative estimate of drug-likeness (QED) is 0.406. The summed E-state index contributed by atoms with van der Waals surface area (Å²) in [5.41, 5.74) is 3.26. The molecular formula is C25H28N4O2S2. The molecule has 1 atom stereocenters. The van der Waals surface area contributed by atoms with E-state index in [1.807, 2.05) is 31.2 Å². The fourth-order valence-corrected chi connectivity index (χ4v) is 5.73. The number of aromatic nitrogens is 2. The lowest BCUT2D eigenvalue weighted by molar-refractivity contribution is 0.0444. The van der Waals surface area contributed by atoms with Crippen LogP contribution >= 0.6 is 22.7 Å². The Bertz CT molecular complexity index is 1190. The first-order valence-electron chi connectivity index (χ1n) is 11.2. The first kappa shape index (κ1) is 22.4. The van der Waals surface area contributed by atoms with Gasteiger partial charge in [-0.25, -0.2) is 9.97 Å².